The Labute approximate surface area is 119 Å². The second-order valence-corrected chi connectivity index (χ2v) is 4.93. The number of para-hydroxylation sites is 1. The lowest BCUT2D eigenvalue weighted by Gasteiger charge is -2.03. The lowest BCUT2D eigenvalue weighted by Crippen LogP contribution is -2.17. The van der Waals surface area contributed by atoms with E-state index in [2.05, 4.69) is 10.1 Å². The molecule has 0 saturated carbocycles. The molecule has 0 bridgehead atoms. The van der Waals surface area contributed by atoms with Gasteiger partial charge in [0.2, 0.25) is 0 Å². The number of rotatable bonds is 3. The van der Waals surface area contributed by atoms with Crippen molar-refractivity contribution in [3.05, 3.63) is 51.7 Å². The Morgan fingerprint density at radius 2 is 2.19 bits per heavy atom. The predicted molar refractivity (Wildman–Crippen MR) is 76.6 cm³/mol. The van der Waals surface area contributed by atoms with E-state index >= 15 is 0 Å². The molecule has 0 atom stereocenters. The third kappa shape index (κ3) is 2.12. The summed E-state index contributed by atoms with van der Waals surface area (Å²) in [5, 5.41) is 13.4. The Bertz CT molecular complexity index is 901. The Hall–Kier alpha value is -2.83. The van der Waals surface area contributed by atoms with Crippen LogP contribution in [0.5, 0.6) is 0 Å². The number of nitrogens with zero attached hydrogens (tertiary/aromatic N) is 3. The van der Waals surface area contributed by atoms with E-state index in [1.807, 2.05) is 20.2 Å². The molecular formula is C14H14N4O3. The SMILES string of the molecule is Cc1nn(C)cc1Cn1c(=O)[nH]c2c(C(=O)O)cccc21. The highest BCUT2D eigenvalue weighted by atomic mass is 16.4. The van der Waals surface area contributed by atoms with Crippen LogP contribution >= 0.6 is 0 Å². The lowest BCUT2D eigenvalue weighted by atomic mass is 10.2. The predicted octanol–water partition coefficient (Wildman–Crippen LogP) is 1.12. The average molecular weight is 286 g/mol. The molecule has 0 unspecified atom stereocenters. The monoisotopic (exact) mass is 286 g/mol. The summed E-state index contributed by atoms with van der Waals surface area (Å²) in [6.45, 7) is 2.22. The topological polar surface area (TPSA) is 92.9 Å². The van der Waals surface area contributed by atoms with Crippen LogP contribution < -0.4 is 5.69 Å². The van der Waals surface area contributed by atoms with E-state index in [1.165, 1.54) is 10.6 Å². The molecule has 0 spiro atoms. The number of imidazole rings is 1. The highest BCUT2D eigenvalue weighted by Crippen LogP contribution is 2.17. The van der Waals surface area contributed by atoms with Gasteiger partial charge in [-0.3, -0.25) is 9.25 Å². The second kappa shape index (κ2) is 4.62. The molecule has 0 amide bonds. The van der Waals surface area contributed by atoms with Crippen molar-refractivity contribution in [2.45, 2.75) is 13.5 Å². The molecule has 3 rings (SSSR count). The molecule has 7 nitrogen and oxygen atoms in total. The van der Waals surface area contributed by atoms with Crippen molar-refractivity contribution >= 4 is 17.0 Å². The number of aromatic amines is 1. The summed E-state index contributed by atoms with van der Waals surface area (Å²) in [7, 11) is 1.82. The zero-order valence-corrected chi connectivity index (χ0v) is 11.6. The number of fused-ring (bicyclic) bond motifs is 1. The van der Waals surface area contributed by atoms with Crippen LogP contribution in [0.4, 0.5) is 0 Å². The van der Waals surface area contributed by atoms with Gasteiger partial charge in [0, 0.05) is 18.8 Å². The van der Waals surface area contributed by atoms with Crippen LogP contribution in [0, 0.1) is 6.92 Å². The number of carboxylic acids is 1. The van der Waals surface area contributed by atoms with Gasteiger partial charge < -0.3 is 10.1 Å². The van der Waals surface area contributed by atoms with Gasteiger partial charge in [0.25, 0.3) is 0 Å². The molecule has 2 aromatic heterocycles. The fourth-order valence-corrected chi connectivity index (χ4v) is 2.49. The maximum atomic E-state index is 12.1. The normalized spacial score (nSPS) is 11.1. The first-order valence-corrected chi connectivity index (χ1v) is 6.41. The number of aryl methyl sites for hydroxylation is 2. The largest absolute Gasteiger partial charge is 0.478 e. The fourth-order valence-electron chi connectivity index (χ4n) is 2.49. The van der Waals surface area contributed by atoms with Crippen LogP contribution in [-0.2, 0) is 13.6 Å². The zero-order chi connectivity index (χ0) is 15.1. The molecule has 21 heavy (non-hydrogen) atoms. The van der Waals surface area contributed by atoms with Crippen LogP contribution in [0.25, 0.3) is 11.0 Å². The number of H-pyrrole nitrogens is 1. The van der Waals surface area contributed by atoms with Gasteiger partial charge in [-0.2, -0.15) is 5.10 Å². The van der Waals surface area contributed by atoms with Crippen LogP contribution in [-0.4, -0.2) is 30.4 Å². The number of aromatic carboxylic acids is 1. The van der Waals surface area contributed by atoms with E-state index < -0.39 is 5.97 Å². The number of hydrogen-bond donors (Lipinski definition) is 2. The molecule has 108 valence electrons. The van der Waals surface area contributed by atoms with Gasteiger partial charge in [0.05, 0.1) is 28.8 Å². The standard InChI is InChI=1S/C14H14N4O3/c1-8-9(6-17(2)16-8)7-18-11-5-3-4-10(13(19)20)12(11)15-14(18)21/h3-6H,7H2,1-2H3,(H,15,21)(H,19,20). The van der Waals surface area contributed by atoms with Crippen LogP contribution in [0.2, 0.25) is 0 Å². The number of hydrogen-bond acceptors (Lipinski definition) is 3. The maximum absolute atomic E-state index is 12.1. The third-order valence-corrected chi connectivity index (χ3v) is 3.48. The first kappa shape index (κ1) is 13.2. The average Bonchev–Trinajstić information content (AvgIpc) is 2.90. The molecular weight excluding hydrogens is 272 g/mol. The summed E-state index contributed by atoms with van der Waals surface area (Å²) in [5.41, 5.74) is 2.43. The van der Waals surface area contributed by atoms with E-state index in [4.69, 9.17) is 0 Å². The number of benzene rings is 1. The molecule has 0 aliphatic heterocycles. The number of aromatic nitrogens is 4. The van der Waals surface area contributed by atoms with E-state index in [0.29, 0.717) is 17.6 Å². The van der Waals surface area contributed by atoms with Crippen LogP contribution in [0.1, 0.15) is 21.6 Å². The number of nitrogens with one attached hydrogen (secondary N) is 1. The van der Waals surface area contributed by atoms with Gasteiger partial charge in [-0.05, 0) is 19.1 Å². The maximum Gasteiger partial charge on any atom is 0.337 e. The van der Waals surface area contributed by atoms with Crippen molar-refractivity contribution < 1.29 is 9.90 Å². The molecule has 0 radical (unpaired) electrons. The minimum absolute atomic E-state index is 0.0891. The molecule has 1 aromatic carbocycles. The van der Waals surface area contributed by atoms with Crippen molar-refractivity contribution in [3.8, 4) is 0 Å². The van der Waals surface area contributed by atoms with Gasteiger partial charge in [-0.15, -0.1) is 0 Å². The number of carboxylic acid groups (broad SMARTS) is 1. The van der Waals surface area contributed by atoms with Crippen molar-refractivity contribution in [3.63, 3.8) is 0 Å². The van der Waals surface area contributed by atoms with E-state index in [1.54, 1.807) is 16.8 Å². The number of carbonyl (C=O) groups is 1. The fraction of sp³-hybridized carbons (Fsp3) is 0.214. The summed E-state index contributed by atoms with van der Waals surface area (Å²) in [5.74, 6) is -1.06. The first-order chi connectivity index (χ1) is 9.97. The van der Waals surface area contributed by atoms with Crippen LogP contribution in [0.3, 0.4) is 0 Å². The highest BCUT2D eigenvalue weighted by Gasteiger charge is 2.15. The minimum Gasteiger partial charge on any atom is -0.478 e. The molecule has 0 fully saturated rings. The van der Waals surface area contributed by atoms with Gasteiger partial charge in [0.15, 0.2) is 0 Å². The lowest BCUT2D eigenvalue weighted by molar-refractivity contribution is 0.0699. The Kier molecular flexibility index (Phi) is 2.90. The van der Waals surface area contributed by atoms with Gasteiger partial charge >= 0.3 is 11.7 Å². The van der Waals surface area contributed by atoms with E-state index in [9.17, 15) is 14.7 Å². The molecule has 7 heteroatoms. The van der Waals surface area contributed by atoms with E-state index in [-0.39, 0.29) is 11.3 Å². The zero-order valence-electron chi connectivity index (χ0n) is 11.6. The molecule has 0 aliphatic rings. The Morgan fingerprint density at radius 1 is 1.43 bits per heavy atom. The summed E-state index contributed by atoms with van der Waals surface area (Å²) < 4.78 is 3.21. The molecule has 0 aliphatic carbocycles. The Balaban J connectivity index is 2.17. The third-order valence-electron chi connectivity index (χ3n) is 3.48. The van der Waals surface area contributed by atoms with E-state index in [0.717, 1.165) is 11.3 Å². The second-order valence-electron chi connectivity index (χ2n) is 4.93. The highest BCUT2D eigenvalue weighted by molar-refractivity contribution is 6.00. The smallest absolute Gasteiger partial charge is 0.337 e. The molecule has 2 heterocycles. The molecule has 3 aromatic rings. The quantitative estimate of drug-likeness (QED) is 0.754. The van der Waals surface area contributed by atoms with Gasteiger partial charge in [0.1, 0.15) is 0 Å². The Morgan fingerprint density at radius 3 is 2.81 bits per heavy atom. The van der Waals surface area contributed by atoms with Crippen molar-refractivity contribution in [2.75, 3.05) is 0 Å². The first-order valence-electron chi connectivity index (χ1n) is 6.41. The van der Waals surface area contributed by atoms with Crippen LogP contribution in [0.15, 0.2) is 29.2 Å². The molecule has 0 saturated heterocycles. The summed E-state index contributed by atoms with van der Waals surface area (Å²) >= 11 is 0. The summed E-state index contributed by atoms with van der Waals surface area (Å²) in [4.78, 5) is 26.0. The van der Waals surface area contributed by atoms with Crippen molar-refractivity contribution in [1.29, 1.82) is 0 Å². The summed E-state index contributed by atoms with van der Waals surface area (Å²) in [6, 6.07) is 4.83. The van der Waals surface area contributed by atoms with Gasteiger partial charge in [-0.1, -0.05) is 6.07 Å². The molecule has 2 N–H and O–H groups in total. The summed E-state index contributed by atoms with van der Waals surface area (Å²) in [6.07, 6.45) is 1.85. The van der Waals surface area contributed by atoms with Gasteiger partial charge in [-0.25, -0.2) is 9.59 Å². The minimum atomic E-state index is -1.06. The van der Waals surface area contributed by atoms with Crippen molar-refractivity contribution in [2.24, 2.45) is 7.05 Å². The van der Waals surface area contributed by atoms with Crippen molar-refractivity contribution in [1.82, 2.24) is 19.3 Å².